The number of carbonyl (C=O) groups is 2. The van der Waals surface area contributed by atoms with Gasteiger partial charge in [0.25, 0.3) is 8.32 Å². The second-order valence-corrected chi connectivity index (χ2v) is 14.9. The van der Waals surface area contributed by atoms with Crippen LogP contribution in [-0.2, 0) is 4.79 Å². The van der Waals surface area contributed by atoms with E-state index in [-0.39, 0.29) is 16.9 Å². The second-order valence-electron chi connectivity index (χ2n) is 9.31. The van der Waals surface area contributed by atoms with Gasteiger partial charge in [-0.15, -0.1) is 0 Å². The van der Waals surface area contributed by atoms with E-state index in [0.29, 0.717) is 22.8 Å². The third-order valence-electron chi connectivity index (χ3n) is 6.25. The SMILES string of the molecule is COc1cc(C2C(C(C)=O)=C(C)N(C)C(=O)N2C)cc(Br)c1O[Si](C)(C)C(C)(C)C. The number of benzene rings is 1. The van der Waals surface area contributed by atoms with E-state index in [1.807, 2.05) is 12.1 Å². The molecule has 1 unspecified atom stereocenters. The Balaban J connectivity index is 2.65. The van der Waals surface area contributed by atoms with Crippen molar-refractivity contribution >= 4 is 36.1 Å². The average Bonchev–Trinajstić information content (AvgIpc) is 2.62. The molecule has 8 heteroatoms. The highest BCUT2D eigenvalue weighted by atomic mass is 79.9. The van der Waals surface area contributed by atoms with Crippen molar-refractivity contribution in [2.24, 2.45) is 0 Å². The van der Waals surface area contributed by atoms with E-state index >= 15 is 0 Å². The minimum absolute atomic E-state index is 0.0262. The molecule has 1 aliphatic rings. The Morgan fingerprint density at radius 3 is 2.23 bits per heavy atom. The lowest BCUT2D eigenvalue weighted by atomic mass is 9.91. The topological polar surface area (TPSA) is 59.1 Å². The number of carbonyl (C=O) groups excluding carboxylic acids is 2. The number of allylic oxidation sites excluding steroid dienone is 1. The van der Waals surface area contributed by atoms with Crippen LogP contribution in [0.15, 0.2) is 27.9 Å². The first-order valence-electron chi connectivity index (χ1n) is 9.92. The van der Waals surface area contributed by atoms with E-state index in [1.54, 1.807) is 33.0 Å². The van der Waals surface area contributed by atoms with Crippen molar-refractivity contribution in [3.63, 3.8) is 0 Å². The van der Waals surface area contributed by atoms with Gasteiger partial charge in [0.05, 0.1) is 17.6 Å². The lowest BCUT2D eigenvalue weighted by molar-refractivity contribution is -0.114. The maximum atomic E-state index is 12.7. The van der Waals surface area contributed by atoms with E-state index in [2.05, 4.69) is 49.8 Å². The fraction of sp³-hybridized carbons (Fsp3) is 0.545. The molecule has 0 N–H and O–H groups in total. The first kappa shape index (κ1) is 24.5. The third kappa shape index (κ3) is 4.30. The number of amides is 2. The summed E-state index contributed by atoms with van der Waals surface area (Å²) in [6.45, 7) is 14.2. The Morgan fingerprint density at radius 1 is 1.20 bits per heavy atom. The monoisotopic (exact) mass is 496 g/mol. The van der Waals surface area contributed by atoms with Crippen LogP contribution in [0.25, 0.3) is 0 Å². The lowest BCUT2D eigenvalue weighted by Crippen LogP contribution is -2.46. The Labute approximate surface area is 189 Å². The molecule has 30 heavy (non-hydrogen) atoms. The van der Waals surface area contributed by atoms with Crippen LogP contribution in [0.5, 0.6) is 11.5 Å². The molecule has 1 aromatic carbocycles. The number of halogens is 1. The van der Waals surface area contributed by atoms with Gasteiger partial charge >= 0.3 is 6.03 Å². The van der Waals surface area contributed by atoms with Crippen molar-refractivity contribution < 1.29 is 18.8 Å². The third-order valence-corrected chi connectivity index (χ3v) is 11.2. The minimum Gasteiger partial charge on any atom is -0.540 e. The Morgan fingerprint density at radius 2 is 1.77 bits per heavy atom. The predicted molar refractivity (Wildman–Crippen MR) is 126 cm³/mol. The summed E-state index contributed by atoms with van der Waals surface area (Å²) in [4.78, 5) is 28.3. The molecule has 0 bridgehead atoms. The van der Waals surface area contributed by atoms with Gasteiger partial charge in [0.2, 0.25) is 0 Å². The highest BCUT2D eigenvalue weighted by molar-refractivity contribution is 9.10. The maximum Gasteiger partial charge on any atom is 0.324 e. The van der Waals surface area contributed by atoms with E-state index < -0.39 is 14.4 Å². The quantitative estimate of drug-likeness (QED) is 0.487. The molecular weight excluding hydrogens is 464 g/mol. The van der Waals surface area contributed by atoms with Gasteiger partial charge in [0, 0.05) is 25.4 Å². The normalized spacial score (nSPS) is 18.1. The van der Waals surface area contributed by atoms with Crippen molar-refractivity contribution in [3.05, 3.63) is 33.4 Å². The summed E-state index contributed by atoms with van der Waals surface area (Å²) in [5.74, 6) is 1.16. The number of Topliss-reactive ketones (excluding diaryl/α,β-unsaturated/α-hetero) is 1. The molecule has 2 amide bonds. The van der Waals surface area contributed by atoms with E-state index in [0.717, 1.165) is 10.0 Å². The number of rotatable bonds is 5. The van der Waals surface area contributed by atoms with Gasteiger partial charge in [-0.2, -0.15) is 0 Å². The molecule has 2 rings (SSSR count). The molecule has 0 saturated carbocycles. The van der Waals surface area contributed by atoms with Crippen molar-refractivity contribution in [2.75, 3.05) is 21.2 Å². The summed E-state index contributed by atoms with van der Waals surface area (Å²) in [6.07, 6.45) is 0. The smallest absolute Gasteiger partial charge is 0.324 e. The molecule has 0 saturated heterocycles. The Bertz CT molecular complexity index is 905. The maximum absolute atomic E-state index is 12.7. The van der Waals surface area contributed by atoms with Gasteiger partial charge in [-0.3, -0.25) is 4.79 Å². The molecule has 0 spiro atoms. The van der Waals surface area contributed by atoms with Gasteiger partial charge in [-0.25, -0.2) is 4.79 Å². The van der Waals surface area contributed by atoms with Crippen LogP contribution in [0.3, 0.4) is 0 Å². The summed E-state index contributed by atoms with van der Waals surface area (Å²) in [5.41, 5.74) is 2.04. The number of ketones is 1. The molecule has 1 heterocycles. The molecule has 6 nitrogen and oxygen atoms in total. The van der Waals surface area contributed by atoms with Crippen LogP contribution in [0.1, 0.15) is 46.2 Å². The Hall–Kier alpha value is -1.80. The highest BCUT2D eigenvalue weighted by Gasteiger charge is 2.41. The molecule has 0 aliphatic carbocycles. The van der Waals surface area contributed by atoms with Crippen molar-refractivity contribution in [3.8, 4) is 11.5 Å². The molecule has 1 aromatic rings. The molecular formula is C22H33BrN2O4Si. The van der Waals surface area contributed by atoms with E-state index in [9.17, 15) is 9.59 Å². The van der Waals surface area contributed by atoms with E-state index in [1.165, 1.54) is 11.8 Å². The van der Waals surface area contributed by atoms with Gasteiger partial charge in [0.1, 0.15) is 0 Å². The molecule has 1 atom stereocenters. The minimum atomic E-state index is -2.10. The van der Waals surface area contributed by atoms with Crippen molar-refractivity contribution in [1.82, 2.24) is 9.80 Å². The number of nitrogens with zero attached hydrogens (tertiary/aromatic N) is 2. The van der Waals surface area contributed by atoms with Crippen LogP contribution in [-0.4, -0.2) is 51.1 Å². The van der Waals surface area contributed by atoms with Gasteiger partial charge in [-0.1, -0.05) is 20.8 Å². The number of likely N-dealkylation sites (N-methyl/N-ethyl adjacent to an activating group) is 1. The Kier molecular flexibility index (Phi) is 6.83. The lowest BCUT2D eigenvalue weighted by Gasteiger charge is -2.40. The van der Waals surface area contributed by atoms with Gasteiger partial charge in [0.15, 0.2) is 17.3 Å². The molecule has 166 valence electrons. The zero-order chi connectivity index (χ0) is 23.2. The molecule has 0 aromatic heterocycles. The number of urea groups is 1. The average molecular weight is 498 g/mol. The zero-order valence-corrected chi connectivity index (χ0v) is 22.2. The largest absolute Gasteiger partial charge is 0.540 e. The van der Waals surface area contributed by atoms with Crippen LogP contribution < -0.4 is 9.16 Å². The fourth-order valence-corrected chi connectivity index (χ4v) is 5.02. The number of hydrogen-bond donors (Lipinski definition) is 0. The van der Waals surface area contributed by atoms with Crippen molar-refractivity contribution in [1.29, 1.82) is 0 Å². The summed E-state index contributed by atoms with van der Waals surface area (Å²) < 4.78 is 12.9. The van der Waals surface area contributed by atoms with Crippen LogP contribution in [0.4, 0.5) is 4.79 Å². The summed E-state index contributed by atoms with van der Waals surface area (Å²) >= 11 is 3.65. The fourth-order valence-electron chi connectivity index (χ4n) is 3.31. The number of hydrogen-bond acceptors (Lipinski definition) is 4. The first-order valence-corrected chi connectivity index (χ1v) is 13.6. The van der Waals surface area contributed by atoms with Crippen molar-refractivity contribution in [2.45, 2.75) is 58.8 Å². The predicted octanol–water partition coefficient (Wildman–Crippen LogP) is 5.74. The second kappa shape index (κ2) is 8.38. The van der Waals surface area contributed by atoms with Gasteiger partial charge in [-0.05, 0) is 65.6 Å². The van der Waals surface area contributed by atoms with E-state index in [4.69, 9.17) is 9.16 Å². The van der Waals surface area contributed by atoms with Crippen LogP contribution in [0.2, 0.25) is 18.1 Å². The highest BCUT2D eigenvalue weighted by Crippen LogP contribution is 2.46. The zero-order valence-electron chi connectivity index (χ0n) is 19.6. The molecule has 1 aliphatic heterocycles. The number of ether oxygens (including phenoxy) is 1. The van der Waals surface area contributed by atoms with Crippen LogP contribution in [0, 0.1) is 0 Å². The summed E-state index contributed by atoms with van der Waals surface area (Å²) in [6, 6.07) is 3.11. The standard InChI is InChI=1S/C22H33BrN2O4Si/c1-13-18(14(2)26)19(25(7)21(27)24(13)6)15-11-16(23)20(17(12-15)28-8)29-30(9,10)22(3,4)5/h11-12,19H,1-10H3. The summed E-state index contributed by atoms with van der Waals surface area (Å²) in [5, 5.41) is 0.0262. The number of methoxy groups -OCH3 is 1. The summed E-state index contributed by atoms with van der Waals surface area (Å²) in [7, 11) is 2.88. The van der Waals surface area contributed by atoms with Gasteiger partial charge < -0.3 is 19.0 Å². The molecule has 0 fully saturated rings. The molecule has 0 radical (unpaired) electrons. The first-order chi connectivity index (χ1) is 13.6. The van der Waals surface area contributed by atoms with Crippen LogP contribution >= 0.6 is 15.9 Å².